The van der Waals surface area contributed by atoms with Gasteiger partial charge in [-0.3, -0.25) is 4.79 Å². The quantitative estimate of drug-likeness (QED) is 0.367. The molecule has 0 bridgehead atoms. The van der Waals surface area contributed by atoms with E-state index in [2.05, 4.69) is 38.9 Å². The molecule has 148 valence electrons. The molecule has 1 amide bonds. The Morgan fingerprint density at radius 3 is 2.79 bits per heavy atom. The molecule has 1 aliphatic rings. The van der Waals surface area contributed by atoms with Gasteiger partial charge in [-0.2, -0.15) is 0 Å². The van der Waals surface area contributed by atoms with Gasteiger partial charge in [-0.25, -0.2) is 0 Å². The van der Waals surface area contributed by atoms with Crippen molar-refractivity contribution in [3.63, 3.8) is 0 Å². The summed E-state index contributed by atoms with van der Waals surface area (Å²) >= 11 is 0. The average Bonchev–Trinajstić information content (AvgIpc) is 3.06. The van der Waals surface area contributed by atoms with Gasteiger partial charge in [0, 0.05) is 34.6 Å². The molecule has 0 saturated heterocycles. The Hall–Kier alpha value is -3.44. The SMILES string of the molecule is COc1ccc2c(c1)c1c(n2Cc2ccccc2)C(C)N(C(=O)CN=[N+]=[N-])CC1. The van der Waals surface area contributed by atoms with Gasteiger partial charge in [0.05, 0.1) is 13.2 Å². The number of amides is 1. The van der Waals surface area contributed by atoms with Crippen LogP contribution in [0.5, 0.6) is 5.75 Å². The molecule has 1 atom stereocenters. The summed E-state index contributed by atoms with van der Waals surface area (Å²) in [6.07, 6.45) is 0.757. The highest BCUT2D eigenvalue weighted by atomic mass is 16.5. The second-order valence-electron chi connectivity index (χ2n) is 7.22. The highest BCUT2D eigenvalue weighted by Gasteiger charge is 2.32. The van der Waals surface area contributed by atoms with Crippen LogP contribution in [0.4, 0.5) is 0 Å². The average molecular weight is 389 g/mol. The topological polar surface area (TPSA) is 83.2 Å². The second kappa shape index (κ2) is 7.89. The normalized spacial score (nSPS) is 15.7. The largest absolute Gasteiger partial charge is 0.497 e. The van der Waals surface area contributed by atoms with Crippen molar-refractivity contribution >= 4 is 16.8 Å². The molecule has 0 N–H and O–H groups in total. The first-order valence-corrected chi connectivity index (χ1v) is 9.67. The third-order valence-corrected chi connectivity index (χ3v) is 5.66. The number of hydrogen-bond acceptors (Lipinski definition) is 3. The number of rotatable bonds is 5. The Balaban J connectivity index is 1.84. The fourth-order valence-corrected chi connectivity index (χ4v) is 4.32. The standard InChI is InChI=1S/C22H23N5O2/c1-15-22-18(10-11-26(15)21(28)13-24-25-23)19-12-17(29-2)8-9-20(19)27(22)14-16-6-4-3-5-7-16/h3-9,12,15H,10-11,13-14H2,1-2H3. The van der Waals surface area contributed by atoms with Gasteiger partial charge in [-0.1, -0.05) is 35.4 Å². The Labute approximate surface area is 169 Å². The van der Waals surface area contributed by atoms with E-state index in [4.69, 9.17) is 10.3 Å². The maximum Gasteiger partial charge on any atom is 0.229 e. The molecule has 7 heteroatoms. The molecule has 0 aliphatic carbocycles. The van der Waals surface area contributed by atoms with Crippen LogP contribution in [-0.2, 0) is 17.8 Å². The minimum atomic E-state index is -0.150. The zero-order valence-electron chi connectivity index (χ0n) is 16.6. The van der Waals surface area contributed by atoms with Crippen molar-refractivity contribution < 1.29 is 9.53 Å². The fourth-order valence-electron chi connectivity index (χ4n) is 4.32. The molecule has 0 radical (unpaired) electrons. The zero-order valence-corrected chi connectivity index (χ0v) is 16.6. The number of methoxy groups -OCH3 is 1. The van der Waals surface area contributed by atoms with Crippen molar-refractivity contribution in [2.24, 2.45) is 5.11 Å². The molecule has 29 heavy (non-hydrogen) atoms. The maximum absolute atomic E-state index is 12.6. The van der Waals surface area contributed by atoms with Crippen LogP contribution in [-0.4, -0.2) is 35.6 Å². The summed E-state index contributed by atoms with van der Waals surface area (Å²) in [5.74, 6) is 0.682. The van der Waals surface area contributed by atoms with Crippen LogP contribution in [0.25, 0.3) is 21.3 Å². The van der Waals surface area contributed by atoms with Crippen molar-refractivity contribution in [1.82, 2.24) is 9.47 Å². The van der Waals surface area contributed by atoms with Gasteiger partial charge < -0.3 is 14.2 Å². The number of ether oxygens (including phenoxy) is 1. The van der Waals surface area contributed by atoms with E-state index in [0.717, 1.165) is 29.9 Å². The van der Waals surface area contributed by atoms with Crippen LogP contribution in [0.1, 0.15) is 29.8 Å². The number of carbonyl (C=O) groups is 1. The number of fused-ring (bicyclic) bond motifs is 3. The second-order valence-corrected chi connectivity index (χ2v) is 7.22. The van der Waals surface area contributed by atoms with Crippen LogP contribution in [0.2, 0.25) is 0 Å². The number of azide groups is 1. The van der Waals surface area contributed by atoms with E-state index in [1.54, 1.807) is 7.11 Å². The molecule has 0 spiro atoms. The van der Waals surface area contributed by atoms with Crippen molar-refractivity contribution in [2.75, 3.05) is 20.2 Å². The van der Waals surface area contributed by atoms with Crippen LogP contribution >= 0.6 is 0 Å². The minimum Gasteiger partial charge on any atom is -0.497 e. The number of aromatic nitrogens is 1. The summed E-state index contributed by atoms with van der Waals surface area (Å²) in [6.45, 7) is 3.23. The van der Waals surface area contributed by atoms with Gasteiger partial charge in [0.2, 0.25) is 5.91 Å². The monoisotopic (exact) mass is 389 g/mol. The highest BCUT2D eigenvalue weighted by molar-refractivity contribution is 5.88. The number of hydrogen-bond donors (Lipinski definition) is 0. The lowest BCUT2D eigenvalue weighted by Crippen LogP contribution is -2.40. The highest BCUT2D eigenvalue weighted by Crippen LogP contribution is 2.38. The van der Waals surface area contributed by atoms with E-state index >= 15 is 0 Å². The number of nitrogens with zero attached hydrogens (tertiary/aromatic N) is 5. The van der Waals surface area contributed by atoms with Crippen LogP contribution in [0.15, 0.2) is 53.6 Å². The smallest absolute Gasteiger partial charge is 0.229 e. The van der Waals surface area contributed by atoms with E-state index in [1.807, 2.05) is 36.1 Å². The van der Waals surface area contributed by atoms with E-state index < -0.39 is 0 Å². The molecular formula is C22H23N5O2. The van der Waals surface area contributed by atoms with Gasteiger partial charge in [0.1, 0.15) is 12.3 Å². The lowest BCUT2D eigenvalue weighted by Gasteiger charge is -2.35. The van der Waals surface area contributed by atoms with Gasteiger partial charge in [-0.15, -0.1) is 0 Å². The fraction of sp³-hybridized carbons (Fsp3) is 0.318. The Morgan fingerprint density at radius 2 is 2.07 bits per heavy atom. The molecule has 1 unspecified atom stereocenters. The molecule has 3 aromatic rings. The molecule has 4 rings (SSSR count). The molecular weight excluding hydrogens is 366 g/mol. The molecule has 0 fully saturated rings. The van der Waals surface area contributed by atoms with Crippen LogP contribution < -0.4 is 4.74 Å². The summed E-state index contributed by atoms with van der Waals surface area (Å²) < 4.78 is 7.75. The first-order chi connectivity index (χ1) is 14.1. The molecule has 2 heterocycles. The van der Waals surface area contributed by atoms with Crippen molar-refractivity contribution in [1.29, 1.82) is 0 Å². The summed E-state index contributed by atoms with van der Waals surface area (Å²) in [4.78, 5) is 17.1. The van der Waals surface area contributed by atoms with Gasteiger partial charge in [-0.05, 0) is 48.2 Å². The summed E-state index contributed by atoms with van der Waals surface area (Å²) in [6, 6.07) is 16.3. The van der Waals surface area contributed by atoms with Crippen molar-refractivity contribution in [3.8, 4) is 5.75 Å². The molecule has 2 aromatic carbocycles. The zero-order chi connectivity index (χ0) is 20.4. The van der Waals surface area contributed by atoms with Gasteiger partial charge in [0.25, 0.3) is 0 Å². The molecule has 1 aliphatic heterocycles. The molecule has 0 saturated carbocycles. The first-order valence-electron chi connectivity index (χ1n) is 9.67. The lowest BCUT2D eigenvalue weighted by atomic mass is 9.98. The maximum atomic E-state index is 12.6. The van der Waals surface area contributed by atoms with E-state index in [0.29, 0.717) is 6.54 Å². The van der Waals surface area contributed by atoms with E-state index in [1.165, 1.54) is 16.5 Å². The third-order valence-electron chi connectivity index (χ3n) is 5.66. The van der Waals surface area contributed by atoms with Crippen LogP contribution in [0.3, 0.4) is 0 Å². The molecule has 7 nitrogen and oxygen atoms in total. The number of carbonyl (C=O) groups excluding carboxylic acids is 1. The molecule has 1 aromatic heterocycles. The summed E-state index contributed by atoms with van der Waals surface area (Å²) in [5.41, 5.74) is 13.3. The van der Waals surface area contributed by atoms with E-state index in [-0.39, 0.29) is 18.5 Å². The van der Waals surface area contributed by atoms with Crippen molar-refractivity contribution in [2.45, 2.75) is 25.9 Å². The Kier molecular flexibility index (Phi) is 5.14. The Morgan fingerprint density at radius 1 is 1.28 bits per heavy atom. The summed E-state index contributed by atoms with van der Waals surface area (Å²) in [5, 5.41) is 4.63. The predicted molar refractivity (Wildman–Crippen MR) is 112 cm³/mol. The number of benzene rings is 2. The van der Waals surface area contributed by atoms with Gasteiger partial charge >= 0.3 is 0 Å². The Bertz CT molecular complexity index is 1100. The first kappa shape index (κ1) is 18.9. The lowest BCUT2D eigenvalue weighted by molar-refractivity contribution is -0.132. The van der Waals surface area contributed by atoms with Crippen molar-refractivity contribution in [3.05, 3.63) is 75.8 Å². The minimum absolute atomic E-state index is 0.109. The predicted octanol–water partition coefficient (Wildman–Crippen LogP) is 4.45. The van der Waals surface area contributed by atoms with Gasteiger partial charge in [0.15, 0.2) is 0 Å². The van der Waals surface area contributed by atoms with Crippen LogP contribution in [0, 0.1) is 0 Å². The summed E-state index contributed by atoms with van der Waals surface area (Å²) in [7, 11) is 1.67. The third kappa shape index (κ3) is 3.41. The van der Waals surface area contributed by atoms with E-state index in [9.17, 15) is 4.79 Å².